The average molecular weight is 238 g/mol. The van der Waals surface area contributed by atoms with Crippen molar-refractivity contribution < 1.29 is 14.3 Å². The highest BCUT2D eigenvalue weighted by molar-refractivity contribution is 5.27. The first-order chi connectivity index (χ1) is 7.90. The summed E-state index contributed by atoms with van der Waals surface area (Å²) < 4.78 is 6.29. The summed E-state index contributed by atoms with van der Waals surface area (Å²) in [4.78, 5) is 0. The van der Waals surface area contributed by atoms with Crippen molar-refractivity contribution in [2.75, 3.05) is 34.3 Å². The molecule has 1 rings (SSSR count). The van der Waals surface area contributed by atoms with Gasteiger partial charge in [-0.05, 0) is 24.1 Å². The van der Waals surface area contributed by atoms with E-state index in [0.717, 1.165) is 16.7 Å². The number of hydrogen-bond acceptors (Lipinski definition) is 2. The highest BCUT2D eigenvalue weighted by Crippen LogP contribution is 2.12. The summed E-state index contributed by atoms with van der Waals surface area (Å²) in [6.07, 6.45) is 0.602. The van der Waals surface area contributed by atoms with Crippen molar-refractivity contribution in [2.45, 2.75) is 19.4 Å². The quantitative estimate of drug-likeness (QED) is 0.764. The molecular formula is C14H24NO2+. The predicted molar refractivity (Wildman–Crippen MR) is 70.2 cm³/mol. The Bertz CT molecular complexity index is 327. The number of hydrogen-bond donors (Lipinski definition) is 1. The smallest absolute Gasteiger partial charge is 0.137 e. The Balaban J connectivity index is 2.39. The van der Waals surface area contributed by atoms with E-state index in [1.54, 1.807) is 0 Å². The number of nitrogens with zero attached hydrogens (tertiary/aromatic N) is 1. The van der Waals surface area contributed by atoms with E-state index in [-0.39, 0.29) is 0 Å². The normalized spacial score (nSPS) is 13.5. The van der Waals surface area contributed by atoms with Crippen molar-refractivity contribution in [3.05, 3.63) is 29.8 Å². The maximum Gasteiger partial charge on any atom is 0.137 e. The highest BCUT2D eigenvalue weighted by atomic mass is 16.5. The Morgan fingerprint density at radius 3 is 2.24 bits per heavy atom. The van der Waals surface area contributed by atoms with Crippen molar-refractivity contribution >= 4 is 0 Å². The molecule has 0 amide bonds. The molecule has 0 saturated carbocycles. The van der Waals surface area contributed by atoms with Crippen molar-refractivity contribution in [2.24, 2.45) is 0 Å². The molecule has 0 aliphatic carbocycles. The Kier molecular flexibility index (Phi) is 4.97. The predicted octanol–water partition coefficient (Wildman–Crippen LogP) is 1.69. The summed E-state index contributed by atoms with van der Waals surface area (Å²) in [6.45, 7) is 3.16. The number of likely N-dealkylation sites (N-methyl/N-ethyl adjacent to an activating group) is 1. The lowest BCUT2D eigenvalue weighted by molar-refractivity contribution is -0.873. The van der Waals surface area contributed by atoms with E-state index in [1.165, 1.54) is 5.56 Å². The molecule has 0 aromatic heterocycles. The molecule has 0 heterocycles. The Labute approximate surface area is 104 Å². The summed E-state index contributed by atoms with van der Waals surface area (Å²) in [5.74, 6) is 0.822. The van der Waals surface area contributed by atoms with Crippen LogP contribution >= 0.6 is 0 Å². The molecule has 1 atom stereocenters. The molecule has 0 fully saturated rings. The Morgan fingerprint density at radius 2 is 1.76 bits per heavy atom. The molecule has 0 aliphatic heterocycles. The van der Waals surface area contributed by atoms with Crippen molar-refractivity contribution in [3.63, 3.8) is 0 Å². The standard InChI is InChI=1S/C14H24NO2/c1-5-12-6-8-14(9-7-12)17-11-13(16)10-15(2,3)4/h6-9,13,16H,5,10-11H2,1-4H3/q+1/t13-/m1/s1. The van der Waals surface area contributed by atoms with E-state index in [1.807, 2.05) is 12.1 Å². The molecule has 0 aliphatic rings. The third-order valence-electron chi connectivity index (χ3n) is 2.53. The van der Waals surface area contributed by atoms with Gasteiger partial charge in [-0.2, -0.15) is 0 Å². The van der Waals surface area contributed by atoms with Gasteiger partial charge in [0.05, 0.1) is 21.1 Å². The summed E-state index contributed by atoms with van der Waals surface area (Å²) >= 11 is 0. The van der Waals surface area contributed by atoms with Crippen molar-refractivity contribution in [1.29, 1.82) is 0 Å². The van der Waals surface area contributed by atoms with Gasteiger partial charge in [-0.25, -0.2) is 0 Å². The number of quaternary nitrogens is 1. The minimum atomic E-state index is -0.430. The monoisotopic (exact) mass is 238 g/mol. The summed E-state index contributed by atoms with van der Waals surface area (Å²) in [5.41, 5.74) is 1.30. The van der Waals surface area contributed by atoms with Gasteiger partial charge in [0.2, 0.25) is 0 Å². The number of ether oxygens (including phenoxy) is 1. The fraction of sp³-hybridized carbons (Fsp3) is 0.571. The van der Waals surface area contributed by atoms with Gasteiger partial charge in [-0.3, -0.25) is 0 Å². The molecule has 0 saturated heterocycles. The van der Waals surface area contributed by atoms with Gasteiger partial charge in [0.25, 0.3) is 0 Å². The molecular weight excluding hydrogens is 214 g/mol. The molecule has 0 unspecified atom stereocenters. The van der Waals surface area contributed by atoms with Crippen LogP contribution in [0.15, 0.2) is 24.3 Å². The molecule has 3 heteroatoms. The van der Waals surface area contributed by atoms with Crippen molar-refractivity contribution in [3.8, 4) is 5.75 Å². The van der Waals surface area contributed by atoms with E-state index < -0.39 is 6.10 Å². The van der Waals surface area contributed by atoms with E-state index in [2.05, 4.69) is 40.2 Å². The second-order valence-corrected chi connectivity index (χ2v) is 5.44. The Morgan fingerprint density at radius 1 is 1.18 bits per heavy atom. The van der Waals surface area contributed by atoms with E-state index in [0.29, 0.717) is 13.2 Å². The zero-order chi connectivity index (χ0) is 12.9. The minimum absolute atomic E-state index is 0.348. The molecule has 0 bridgehead atoms. The summed E-state index contributed by atoms with van der Waals surface area (Å²) in [6, 6.07) is 8.03. The van der Waals surface area contributed by atoms with Crippen LogP contribution in [0.25, 0.3) is 0 Å². The first kappa shape index (κ1) is 14.0. The number of aliphatic hydroxyl groups excluding tert-OH is 1. The van der Waals surface area contributed by atoms with Crippen LogP contribution in [0.3, 0.4) is 0 Å². The van der Waals surface area contributed by atoms with Crippen LogP contribution in [0.5, 0.6) is 5.75 Å². The summed E-state index contributed by atoms with van der Waals surface area (Å²) in [7, 11) is 6.16. The third-order valence-corrected chi connectivity index (χ3v) is 2.53. The van der Waals surface area contributed by atoms with Gasteiger partial charge < -0.3 is 14.3 Å². The minimum Gasteiger partial charge on any atom is -0.491 e. The second-order valence-electron chi connectivity index (χ2n) is 5.44. The number of benzene rings is 1. The number of aryl methyl sites for hydroxylation is 1. The topological polar surface area (TPSA) is 29.5 Å². The zero-order valence-corrected chi connectivity index (χ0v) is 11.3. The average Bonchev–Trinajstić information content (AvgIpc) is 2.25. The van der Waals surface area contributed by atoms with Gasteiger partial charge >= 0.3 is 0 Å². The Hall–Kier alpha value is -1.06. The lowest BCUT2D eigenvalue weighted by atomic mass is 10.2. The van der Waals surface area contributed by atoms with Crippen LogP contribution < -0.4 is 4.74 Å². The highest BCUT2D eigenvalue weighted by Gasteiger charge is 2.15. The molecule has 96 valence electrons. The maximum atomic E-state index is 9.81. The van der Waals surface area contributed by atoms with E-state index in [4.69, 9.17) is 4.74 Å². The first-order valence-electron chi connectivity index (χ1n) is 6.11. The fourth-order valence-corrected chi connectivity index (χ4v) is 1.70. The molecule has 1 aromatic carbocycles. The lowest BCUT2D eigenvalue weighted by Gasteiger charge is -2.26. The van der Waals surface area contributed by atoms with Crippen LogP contribution in [0.4, 0.5) is 0 Å². The molecule has 1 N–H and O–H groups in total. The van der Waals surface area contributed by atoms with Crippen LogP contribution in [0, 0.1) is 0 Å². The van der Waals surface area contributed by atoms with Gasteiger partial charge in [0.15, 0.2) is 0 Å². The van der Waals surface area contributed by atoms with Crippen LogP contribution in [0.2, 0.25) is 0 Å². The number of aliphatic hydroxyl groups is 1. The fourth-order valence-electron chi connectivity index (χ4n) is 1.70. The van der Waals surface area contributed by atoms with Gasteiger partial charge in [0.1, 0.15) is 25.0 Å². The molecule has 1 aromatic rings. The SMILES string of the molecule is CCc1ccc(OC[C@H](O)C[N+](C)(C)C)cc1. The first-order valence-corrected chi connectivity index (χ1v) is 6.11. The van der Waals surface area contributed by atoms with Crippen molar-refractivity contribution in [1.82, 2.24) is 0 Å². The van der Waals surface area contributed by atoms with Crippen LogP contribution in [-0.2, 0) is 6.42 Å². The molecule has 0 radical (unpaired) electrons. The second kappa shape index (κ2) is 6.03. The van der Waals surface area contributed by atoms with Crippen LogP contribution in [-0.4, -0.2) is 50.0 Å². The van der Waals surface area contributed by atoms with Gasteiger partial charge in [-0.1, -0.05) is 19.1 Å². The lowest BCUT2D eigenvalue weighted by Crippen LogP contribution is -2.43. The van der Waals surface area contributed by atoms with E-state index >= 15 is 0 Å². The summed E-state index contributed by atoms with van der Waals surface area (Å²) in [5, 5.41) is 9.81. The largest absolute Gasteiger partial charge is 0.491 e. The van der Waals surface area contributed by atoms with E-state index in [9.17, 15) is 5.11 Å². The zero-order valence-electron chi connectivity index (χ0n) is 11.3. The van der Waals surface area contributed by atoms with Gasteiger partial charge in [-0.15, -0.1) is 0 Å². The van der Waals surface area contributed by atoms with Gasteiger partial charge in [0, 0.05) is 0 Å². The molecule has 0 spiro atoms. The molecule has 3 nitrogen and oxygen atoms in total. The molecule has 17 heavy (non-hydrogen) atoms. The maximum absolute atomic E-state index is 9.81. The van der Waals surface area contributed by atoms with Crippen LogP contribution in [0.1, 0.15) is 12.5 Å². The third kappa shape index (κ3) is 5.71. The number of rotatable bonds is 6.